The lowest BCUT2D eigenvalue weighted by atomic mass is 10.2. The largest absolute Gasteiger partial charge is 0.295 e. The molecule has 8 heteroatoms. The number of H-pyrrole nitrogens is 1. The average molecular weight is 394 g/mol. The van der Waals surface area contributed by atoms with Crippen LogP contribution in [-0.2, 0) is 0 Å². The molecule has 0 aliphatic carbocycles. The monoisotopic (exact) mass is 393 g/mol. The highest BCUT2D eigenvalue weighted by Gasteiger charge is 2.12. The zero-order valence-electron chi connectivity index (χ0n) is 15.2. The molecule has 1 N–H and O–H groups in total. The highest BCUT2D eigenvalue weighted by atomic mass is 35.5. The molecule has 7 nitrogen and oxygen atoms in total. The third-order valence-electron chi connectivity index (χ3n) is 4.40. The number of fused-ring (bicyclic) bond motifs is 1. The summed E-state index contributed by atoms with van der Waals surface area (Å²) in [5, 5.41) is 8.05. The van der Waals surface area contributed by atoms with Crippen LogP contribution in [0.5, 0.6) is 0 Å². The van der Waals surface area contributed by atoms with Gasteiger partial charge >= 0.3 is 0 Å². The van der Waals surface area contributed by atoms with Crippen molar-refractivity contribution in [2.45, 2.75) is 13.8 Å². The van der Waals surface area contributed by atoms with Crippen molar-refractivity contribution in [1.82, 2.24) is 19.4 Å². The van der Waals surface area contributed by atoms with E-state index in [2.05, 4.69) is 15.2 Å². The smallest absolute Gasteiger partial charge is 0.282 e. The quantitative estimate of drug-likeness (QED) is 0.543. The highest BCUT2D eigenvalue weighted by molar-refractivity contribution is 6.31. The standard InChI is InChI=1S/C20H16ClN5O2/c1-12-17(20(28)26(24-12)15-6-4-3-5-7-15)11-22-25-13(2)23-18-9-8-14(21)10-16(18)19(25)27/h3-11,24H,1-2H3/b22-11+. The number of aromatic nitrogens is 4. The van der Waals surface area contributed by atoms with Gasteiger partial charge in [0.15, 0.2) is 0 Å². The van der Waals surface area contributed by atoms with Crippen LogP contribution < -0.4 is 11.1 Å². The Kier molecular flexibility index (Phi) is 4.44. The van der Waals surface area contributed by atoms with Crippen LogP contribution in [0.25, 0.3) is 16.6 Å². The molecule has 4 rings (SSSR count). The minimum absolute atomic E-state index is 0.255. The van der Waals surface area contributed by atoms with Gasteiger partial charge in [-0.05, 0) is 44.2 Å². The zero-order valence-corrected chi connectivity index (χ0v) is 15.9. The third-order valence-corrected chi connectivity index (χ3v) is 4.64. The summed E-state index contributed by atoms with van der Waals surface area (Å²) >= 11 is 6.00. The molecule has 0 amide bonds. The minimum Gasteiger partial charge on any atom is -0.295 e. The fraction of sp³-hybridized carbons (Fsp3) is 0.100. The Morgan fingerprint density at radius 1 is 1.07 bits per heavy atom. The van der Waals surface area contributed by atoms with E-state index in [1.807, 2.05) is 30.3 Å². The first kappa shape index (κ1) is 17.9. The van der Waals surface area contributed by atoms with Gasteiger partial charge in [-0.25, -0.2) is 9.67 Å². The van der Waals surface area contributed by atoms with Crippen molar-refractivity contribution in [3.8, 4) is 5.69 Å². The van der Waals surface area contributed by atoms with Crippen molar-refractivity contribution < 1.29 is 0 Å². The van der Waals surface area contributed by atoms with E-state index in [-0.39, 0.29) is 11.1 Å². The van der Waals surface area contributed by atoms with E-state index < -0.39 is 0 Å². The lowest BCUT2D eigenvalue weighted by molar-refractivity contribution is 0.770. The fourth-order valence-electron chi connectivity index (χ4n) is 2.98. The van der Waals surface area contributed by atoms with Crippen LogP contribution in [0, 0.1) is 13.8 Å². The van der Waals surface area contributed by atoms with E-state index in [4.69, 9.17) is 11.6 Å². The first-order valence-corrected chi connectivity index (χ1v) is 8.94. The molecular formula is C20H16ClN5O2. The lowest BCUT2D eigenvalue weighted by Crippen LogP contribution is -2.22. The van der Waals surface area contributed by atoms with Crippen LogP contribution in [0.2, 0.25) is 5.02 Å². The van der Waals surface area contributed by atoms with Crippen molar-refractivity contribution in [3.05, 3.63) is 91.3 Å². The van der Waals surface area contributed by atoms with E-state index in [0.29, 0.717) is 38.7 Å². The summed E-state index contributed by atoms with van der Waals surface area (Å²) in [5.74, 6) is 0.410. The summed E-state index contributed by atoms with van der Waals surface area (Å²) in [4.78, 5) is 29.9. The van der Waals surface area contributed by atoms with Crippen molar-refractivity contribution >= 4 is 28.7 Å². The molecule has 2 aromatic carbocycles. The molecule has 28 heavy (non-hydrogen) atoms. The number of nitrogens with zero attached hydrogens (tertiary/aromatic N) is 4. The van der Waals surface area contributed by atoms with E-state index >= 15 is 0 Å². The first-order valence-electron chi connectivity index (χ1n) is 8.56. The Morgan fingerprint density at radius 3 is 2.57 bits per heavy atom. The molecule has 0 fully saturated rings. The fourth-order valence-corrected chi connectivity index (χ4v) is 3.15. The second-order valence-electron chi connectivity index (χ2n) is 6.31. The molecule has 4 aromatic rings. The summed E-state index contributed by atoms with van der Waals surface area (Å²) in [6.45, 7) is 3.45. The molecule has 0 aliphatic heterocycles. The van der Waals surface area contributed by atoms with Gasteiger partial charge in [-0.2, -0.15) is 9.78 Å². The number of para-hydroxylation sites is 1. The summed E-state index contributed by atoms with van der Waals surface area (Å²) in [6.07, 6.45) is 1.38. The lowest BCUT2D eigenvalue weighted by Gasteiger charge is -2.05. The maximum absolute atomic E-state index is 12.8. The van der Waals surface area contributed by atoms with Gasteiger partial charge in [0.25, 0.3) is 11.1 Å². The maximum atomic E-state index is 12.8. The van der Waals surface area contributed by atoms with Crippen LogP contribution in [-0.4, -0.2) is 25.7 Å². The molecule has 0 atom stereocenters. The molecule has 0 aliphatic rings. The molecule has 140 valence electrons. The molecule has 0 radical (unpaired) electrons. The number of aryl methyl sites for hydroxylation is 2. The molecule has 0 bridgehead atoms. The van der Waals surface area contributed by atoms with Gasteiger partial charge in [-0.3, -0.25) is 14.7 Å². The number of halogens is 1. The molecule has 2 aromatic heterocycles. The first-order chi connectivity index (χ1) is 13.5. The second-order valence-corrected chi connectivity index (χ2v) is 6.75. The zero-order chi connectivity index (χ0) is 19.8. The predicted molar refractivity (Wildman–Crippen MR) is 110 cm³/mol. The normalized spacial score (nSPS) is 11.5. The number of nitrogens with one attached hydrogen (secondary N) is 1. The number of rotatable bonds is 3. The summed E-state index contributed by atoms with van der Waals surface area (Å²) < 4.78 is 2.60. The third kappa shape index (κ3) is 3.05. The van der Waals surface area contributed by atoms with Gasteiger partial charge in [-0.15, -0.1) is 0 Å². The molecular weight excluding hydrogens is 378 g/mol. The van der Waals surface area contributed by atoms with Crippen LogP contribution in [0.15, 0.2) is 63.2 Å². The highest BCUT2D eigenvalue weighted by Crippen LogP contribution is 2.15. The maximum Gasteiger partial charge on any atom is 0.282 e. The van der Waals surface area contributed by atoms with E-state index in [0.717, 1.165) is 4.68 Å². The topological polar surface area (TPSA) is 85.0 Å². The molecule has 0 saturated carbocycles. The Labute approximate surface area is 164 Å². The van der Waals surface area contributed by atoms with Gasteiger partial charge in [0.2, 0.25) is 0 Å². The minimum atomic E-state index is -0.349. The number of hydrogen-bond acceptors (Lipinski definition) is 4. The van der Waals surface area contributed by atoms with Crippen molar-refractivity contribution in [2.24, 2.45) is 5.10 Å². The van der Waals surface area contributed by atoms with E-state index in [1.54, 1.807) is 32.0 Å². The van der Waals surface area contributed by atoms with Gasteiger partial charge in [-0.1, -0.05) is 29.8 Å². The Hall–Kier alpha value is -3.45. The molecule has 0 saturated heterocycles. The van der Waals surface area contributed by atoms with Crippen LogP contribution in [0.4, 0.5) is 0 Å². The Bertz CT molecular complexity index is 1330. The van der Waals surface area contributed by atoms with Crippen molar-refractivity contribution in [1.29, 1.82) is 0 Å². The van der Waals surface area contributed by atoms with Crippen LogP contribution in [0.3, 0.4) is 0 Å². The van der Waals surface area contributed by atoms with Crippen molar-refractivity contribution in [3.63, 3.8) is 0 Å². The average Bonchev–Trinajstić information content (AvgIpc) is 2.97. The summed E-state index contributed by atoms with van der Waals surface area (Å²) in [7, 11) is 0. The van der Waals surface area contributed by atoms with Gasteiger partial charge in [0, 0.05) is 10.7 Å². The molecule has 0 unspecified atom stereocenters. The molecule has 0 spiro atoms. The predicted octanol–water partition coefficient (Wildman–Crippen LogP) is 3.03. The summed E-state index contributed by atoms with van der Waals surface area (Å²) in [5.41, 5.74) is 1.66. The number of hydrogen-bond donors (Lipinski definition) is 1. The summed E-state index contributed by atoms with van der Waals surface area (Å²) in [6, 6.07) is 14.1. The van der Waals surface area contributed by atoms with Crippen LogP contribution >= 0.6 is 11.6 Å². The van der Waals surface area contributed by atoms with Crippen molar-refractivity contribution in [2.75, 3.05) is 0 Å². The van der Waals surface area contributed by atoms with E-state index in [1.165, 1.54) is 10.9 Å². The SMILES string of the molecule is Cc1[nH]n(-c2ccccc2)c(=O)c1/C=N/n1c(C)nc2ccc(Cl)cc2c1=O. The van der Waals surface area contributed by atoms with Gasteiger partial charge in [0.1, 0.15) is 5.82 Å². The Balaban J connectivity index is 1.82. The number of aromatic amines is 1. The molecule has 2 heterocycles. The van der Waals surface area contributed by atoms with E-state index in [9.17, 15) is 9.59 Å². The van der Waals surface area contributed by atoms with Crippen LogP contribution in [0.1, 0.15) is 17.1 Å². The second kappa shape index (κ2) is 6.94. The van der Waals surface area contributed by atoms with Gasteiger partial charge < -0.3 is 0 Å². The number of benzene rings is 2. The van der Waals surface area contributed by atoms with Gasteiger partial charge in [0.05, 0.1) is 28.4 Å². The Morgan fingerprint density at radius 2 is 1.82 bits per heavy atom.